The molecule has 1 atom stereocenters. The molecule has 2 aromatic rings. The number of methoxy groups -OCH3 is 1. The summed E-state index contributed by atoms with van der Waals surface area (Å²) in [5.74, 6) is -0.339. The van der Waals surface area contributed by atoms with E-state index in [0.29, 0.717) is 19.3 Å². The lowest BCUT2D eigenvalue weighted by Crippen LogP contribution is -2.35. The fraction of sp³-hybridized carbons (Fsp3) is 0.533. The van der Waals surface area contributed by atoms with Crippen LogP contribution < -0.4 is 14.8 Å². The van der Waals surface area contributed by atoms with Gasteiger partial charge in [0.2, 0.25) is 5.91 Å². The standard InChI is InChI=1S/C30H40FNO7S/c1-20(22-10-12-24(31)13-11-22)32-29(34)23-8-6-21(7-9-23)16-17-40(35,36)25-14-15-26(27(18-25)37-5)38-19-28(33)39-30(2,3)4/h10-15,18,20-21,23H,6-9,16-17,19H2,1-5H3,(H,32,34). The third-order valence-electron chi connectivity index (χ3n) is 7.00. The minimum atomic E-state index is -3.58. The van der Waals surface area contributed by atoms with Gasteiger partial charge in [-0.3, -0.25) is 4.79 Å². The van der Waals surface area contributed by atoms with E-state index in [9.17, 15) is 22.4 Å². The van der Waals surface area contributed by atoms with Gasteiger partial charge < -0.3 is 19.5 Å². The van der Waals surface area contributed by atoms with Crippen molar-refractivity contribution in [2.24, 2.45) is 11.8 Å². The van der Waals surface area contributed by atoms with Gasteiger partial charge in [0.15, 0.2) is 27.9 Å². The molecule has 3 rings (SSSR count). The first-order valence-electron chi connectivity index (χ1n) is 13.6. The van der Waals surface area contributed by atoms with E-state index in [4.69, 9.17) is 14.2 Å². The molecule has 220 valence electrons. The molecular weight excluding hydrogens is 537 g/mol. The Hall–Kier alpha value is -3.14. The van der Waals surface area contributed by atoms with Crippen LogP contribution in [0.5, 0.6) is 11.5 Å². The summed E-state index contributed by atoms with van der Waals surface area (Å²) in [7, 11) is -2.17. The summed E-state index contributed by atoms with van der Waals surface area (Å²) in [4.78, 5) is 24.8. The Balaban J connectivity index is 1.49. The van der Waals surface area contributed by atoms with Gasteiger partial charge in [-0.25, -0.2) is 17.6 Å². The van der Waals surface area contributed by atoms with Crippen molar-refractivity contribution < 1.29 is 36.6 Å². The number of nitrogens with one attached hydrogen (secondary N) is 1. The number of esters is 1. The molecule has 0 aromatic heterocycles. The summed E-state index contributed by atoms with van der Waals surface area (Å²) in [5, 5.41) is 3.01. The van der Waals surface area contributed by atoms with Gasteiger partial charge in [0.1, 0.15) is 11.4 Å². The highest BCUT2D eigenvalue weighted by Gasteiger charge is 2.29. The average molecular weight is 578 g/mol. The highest BCUT2D eigenvalue weighted by Crippen LogP contribution is 2.34. The maximum atomic E-state index is 13.2. The van der Waals surface area contributed by atoms with Crippen LogP contribution in [0.25, 0.3) is 0 Å². The number of sulfone groups is 1. The minimum absolute atomic E-state index is 0.0165. The van der Waals surface area contributed by atoms with Gasteiger partial charge >= 0.3 is 5.97 Å². The van der Waals surface area contributed by atoms with Crippen LogP contribution in [0.4, 0.5) is 4.39 Å². The monoisotopic (exact) mass is 577 g/mol. The molecule has 1 unspecified atom stereocenters. The molecular formula is C30H40FNO7S. The molecule has 0 spiro atoms. The highest BCUT2D eigenvalue weighted by molar-refractivity contribution is 7.91. The predicted octanol–water partition coefficient (Wildman–Crippen LogP) is 5.40. The lowest BCUT2D eigenvalue weighted by Gasteiger charge is -2.28. The Morgan fingerprint density at radius 3 is 2.27 bits per heavy atom. The Bertz CT molecular complexity index is 1260. The average Bonchev–Trinajstić information content (AvgIpc) is 2.90. The number of halogens is 1. The zero-order chi connectivity index (χ0) is 29.5. The fourth-order valence-electron chi connectivity index (χ4n) is 4.79. The van der Waals surface area contributed by atoms with Crippen molar-refractivity contribution in [1.82, 2.24) is 5.32 Å². The maximum Gasteiger partial charge on any atom is 0.344 e. The molecule has 0 saturated heterocycles. The molecule has 1 N–H and O–H groups in total. The topological polar surface area (TPSA) is 108 Å². The zero-order valence-corrected chi connectivity index (χ0v) is 24.7. The van der Waals surface area contributed by atoms with E-state index in [-0.39, 0.29) is 58.4 Å². The first kappa shape index (κ1) is 31.4. The Morgan fingerprint density at radius 1 is 1.02 bits per heavy atom. The Morgan fingerprint density at radius 2 is 1.68 bits per heavy atom. The van der Waals surface area contributed by atoms with Crippen molar-refractivity contribution in [2.45, 2.75) is 76.3 Å². The third kappa shape index (κ3) is 9.21. The second-order valence-electron chi connectivity index (χ2n) is 11.3. The van der Waals surface area contributed by atoms with E-state index in [1.807, 2.05) is 6.92 Å². The second kappa shape index (κ2) is 13.5. The first-order valence-corrected chi connectivity index (χ1v) is 15.2. The number of carbonyl (C=O) groups is 2. The van der Waals surface area contributed by atoms with Crippen molar-refractivity contribution >= 4 is 21.7 Å². The summed E-state index contributed by atoms with van der Waals surface area (Å²) in [6.45, 7) is 6.81. The summed E-state index contributed by atoms with van der Waals surface area (Å²) in [6, 6.07) is 10.2. The van der Waals surface area contributed by atoms with Gasteiger partial charge in [-0.1, -0.05) is 12.1 Å². The van der Waals surface area contributed by atoms with Gasteiger partial charge in [-0.15, -0.1) is 0 Å². The largest absolute Gasteiger partial charge is 0.493 e. The van der Waals surface area contributed by atoms with Crippen molar-refractivity contribution in [3.63, 3.8) is 0 Å². The molecule has 1 aliphatic rings. The molecule has 0 bridgehead atoms. The Labute approximate surface area is 236 Å². The summed E-state index contributed by atoms with van der Waals surface area (Å²) in [6.07, 6.45) is 3.45. The van der Waals surface area contributed by atoms with Crippen LogP contribution in [0.2, 0.25) is 0 Å². The molecule has 0 heterocycles. The Kier molecular flexibility index (Phi) is 10.6. The van der Waals surface area contributed by atoms with Gasteiger partial charge in [-0.2, -0.15) is 0 Å². The lowest BCUT2D eigenvalue weighted by molar-refractivity contribution is -0.157. The molecule has 10 heteroatoms. The van der Waals surface area contributed by atoms with Crippen molar-refractivity contribution in [2.75, 3.05) is 19.5 Å². The van der Waals surface area contributed by atoms with Crippen LogP contribution in [0.1, 0.15) is 71.4 Å². The summed E-state index contributed by atoms with van der Waals surface area (Å²) in [5.41, 5.74) is 0.200. The zero-order valence-electron chi connectivity index (χ0n) is 23.9. The number of hydrogen-bond acceptors (Lipinski definition) is 7. The SMILES string of the molecule is COc1cc(S(=O)(=O)CCC2CCC(C(=O)NC(C)c3ccc(F)cc3)CC2)ccc1OCC(=O)OC(C)(C)C. The molecule has 0 radical (unpaired) electrons. The normalized spacial score (nSPS) is 18.4. The summed E-state index contributed by atoms with van der Waals surface area (Å²) < 4.78 is 55.3. The van der Waals surface area contributed by atoms with E-state index in [2.05, 4.69) is 5.32 Å². The number of rotatable bonds is 11. The van der Waals surface area contributed by atoms with Crippen LogP contribution in [-0.4, -0.2) is 45.4 Å². The first-order chi connectivity index (χ1) is 18.8. The van der Waals surface area contributed by atoms with Gasteiger partial charge in [0.05, 0.1) is 23.8 Å². The van der Waals surface area contributed by atoms with Gasteiger partial charge in [0.25, 0.3) is 0 Å². The number of carbonyl (C=O) groups excluding carboxylic acids is 2. The van der Waals surface area contributed by atoms with Crippen molar-refractivity contribution in [3.8, 4) is 11.5 Å². The van der Waals surface area contributed by atoms with E-state index in [1.54, 1.807) is 32.9 Å². The van der Waals surface area contributed by atoms with Gasteiger partial charge in [-0.05, 0) is 95.5 Å². The predicted molar refractivity (Wildman–Crippen MR) is 149 cm³/mol. The number of ether oxygens (including phenoxy) is 3. The molecule has 1 fully saturated rings. The quantitative estimate of drug-likeness (QED) is 0.356. The second-order valence-corrected chi connectivity index (χ2v) is 13.4. The van der Waals surface area contributed by atoms with Crippen LogP contribution >= 0.6 is 0 Å². The van der Waals surface area contributed by atoms with E-state index < -0.39 is 21.4 Å². The minimum Gasteiger partial charge on any atom is -0.493 e. The van der Waals surface area contributed by atoms with Crippen LogP contribution in [0.3, 0.4) is 0 Å². The molecule has 0 aliphatic heterocycles. The third-order valence-corrected chi connectivity index (χ3v) is 8.75. The van der Waals surface area contributed by atoms with E-state index >= 15 is 0 Å². The van der Waals surface area contributed by atoms with Crippen molar-refractivity contribution in [1.29, 1.82) is 0 Å². The number of amides is 1. The number of benzene rings is 2. The smallest absolute Gasteiger partial charge is 0.344 e. The maximum absolute atomic E-state index is 13.2. The molecule has 1 aliphatic carbocycles. The van der Waals surface area contributed by atoms with Gasteiger partial charge in [0, 0.05) is 12.0 Å². The molecule has 40 heavy (non-hydrogen) atoms. The van der Waals surface area contributed by atoms with E-state index in [1.165, 1.54) is 37.4 Å². The molecule has 1 amide bonds. The molecule has 2 aromatic carbocycles. The lowest BCUT2D eigenvalue weighted by atomic mass is 9.80. The molecule has 8 nitrogen and oxygen atoms in total. The van der Waals surface area contributed by atoms with Crippen LogP contribution in [0.15, 0.2) is 47.4 Å². The highest BCUT2D eigenvalue weighted by atomic mass is 32.2. The van der Waals surface area contributed by atoms with Crippen molar-refractivity contribution in [3.05, 3.63) is 53.8 Å². The molecule has 1 saturated carbocycles. The van der Waals surface area contributed by atoms with Crippen LogP contribution in [0, 0.1) is 17.7 Å². The number of hydrogen-bond donors (Lipinski definition) is 1. The summed E-state index contributed by atoms with van der Waals surface area (Å²) >= 11 is 0. The van der Waals surface area contributed by atoms with E-state index in [0.717, 1.165) is 18.4 Å². The van der Waals surface area contributed by atoms with Crippen LogP contribution in [-0.2, 0) is 24.2 Å². The fourth-order valence-corrected chi connectivity index (χ4v) is 6.23.